The van der Waals surface area contributed by atoms with E-state index in [-0.39, 0.29) is 23.7 Å². The van der Waals surface area contributed by atoms with Crippen molar-refractivity contribution in [1.29, 1.82) is 0 Å². The van der Waals surface area contributed by atoms with Gasteiger partial charge in [0.25, 0.3) is 17.7 Å². The Bertz CT molecular complexity index is 858. The molecule has 128 valence electrons. The van der Waals surface area contributed by atoms with E-state index in [1.54, 1.807) is 11.5 Å². The molecule has 8 heteroatoms. The van der Waals surface area contributed by atoms with Crippen molar-refractivity contribution in [3.05, 3.63) is 47.2 Å². The van der Waals surface area contributed by atoms with Crippen molar-refractivity contribution >= 4 is 29.1 Å². The molecule has 3 amide bonds. The summed E-state index contributed by atoms with van der Waals surface area (Å²) < 4.78 is 1.81. The van der Waals surface area contributed by atoms with Gasteiger partial charge in [-0.15, -0.1) is 0 Å². The number of amides is 3. The third kappa shape index (κ3) is 2.58. The summed E-state index contributed by atoms with van der Waals surface area (Å²) in [6.45, 7) is 1.73. The van der Waals surface area contributed by atoms with E-state index in [9.17, 15) is 14.4 Å². The van der Waals surface area contributed by atoms with Gasteiger partial charge in [0.2, 0.25) is 0 Å². The number of carbonyl (C=O) groups excluding carboxylic acids is 3. The molecular weight excluding hydrogens is 340 g/mol. The zero-order chi connectivity index (χ0) is 17.6. The second-order valence-electron chi connectivity index (χ2n) is 6.11. The van der Waals surface area contributed by atoms with Crippen LogP contribution < -0.4 is 5.43 Å². The lowest BCUT2D eigenvalue weighted by molar-refractivity contribution is -0.142. The van der Waals surface area contributed by atoms with Gasteiger partial charge >= 0.3 is 0 Å². The molecule has 2 aromatic heterocycles. The minimum atomic E-state index is -0.485. The molecule has 25 heavy (non-hydrogen) atoms. The average molecular weight is 356 g/mol. The lowest BCUT2D eigenvalue weighted by Gasteiger charge is -2.15. The number of fused-ring (bicyclic) bond motifs is 1. The number of rotatable bonds is 3. The van der Waals surface area contributed by atoms with Crippen molar-refractivity contribution in [2.75, 3.05) is 0 Å². The largest absolute Gasteiger partial charge is 0.300 e. The fourth-order valence-electron chi connectivity index (χ4n) is 3.23. The van der Waals surface area contributed by atoms with Crippen molar-refractivity contribution in [3.63, 3.8) is 0 Å². The molecule has 0 spiro atoms. The Kier molecular flexibility index (Phi) is 3.76. The second-order valence-corrected chi connectivity index (χ2v) is 7.09. The van der Waals surface area contributed by atoms with E-state index in [0.717, 1.165) is 5.01 Å². The van der Waals surface area contributed by atoms with Gasteiger partial charge in [-0.1, -0.05) is 23.5 Å². The fourth-order valence-corrected chi connectivity index (χ4v) is 4.15. The van der Waals surface area contributed by atoms with Gasteiger partial charge in [-0.3, -0.25) is 19.8 Å². The molecule has 2 aliphatic rings. The zero-order valence-electron chi connectivity index (χ0n) is 13.5. The molecule has 1 saturated heterocycles. The predicted molar refractivity (Wildman–Crippen MR) is 90.9 cm³/mol. The first-order valence-electron chi connectivity index (χ1n) is 8.01. The van der Waals surface area contributed by atoms with Gasteiger partial charge < -0.3 is 4.57 Å². The average Bonchev–Trinajstić information content (AvgIpc) is 3.31. The van der Waals surface area contributed by atoms with Crippen LogP contribution in [-0.2, 0) is 9.59 Å². The molecule has 3 heterocycles. The molecule has 0 aromatic carbocycles. The Morgan fingerprint density at radius 2 is 1.76 bits per heavy atom. The van der Waals surface area contributed by atoms with Crippen molar-refractivity contribution in [1.82, 2.24) is 20.0 Å². The fraction of sp³-hybridized carbons (Fsp3) is 0.294. The maximum absolute atomic E-state index is 12.6. The van der Waals surface area contributed by atoms with Crippen molar-refractivity contribution in [2.45, 2.75) is 19.8 Å². The van der Waals surface area contributed by atoms with Crippen LogP contribution in [0.15, 0.2) is 36.7 Å². The third-order valence-corrected chi connectivity index (χ3v) is 5.71. The van der Waals surface area contributed by atoms with Crippen LogP contribution in [0.1, 0.15) is 28.2 Å². The molecule has 1 N–H and O–H groups in total. The SMILES string of the molecule is Cc1nc(-n2cccc2)sc1C(=O)NN1C(=O)C2CC=CCC2C1=O. The van der Waals surface area contributed by atoms with Crippen LogP contribution in [0.25, 0.3) is 5.13 Å². The number of aromatic nitrogens is 2. The number of aryl methyl sites for hydroxylation is 1. The van der Waals surface area contributed by atoms with Gasteiger partial charge in [-0.05, 0) is 31.9 Å². The van der Waals surface area contributed by atoms with Gasteiger partial charge in [-0.2, -0.15) is 5.01 Å². The minimum Gasteiger partial charge on any atom is -0.300 e. The highest BCUT2D eigenvalue weighted by molar-refractivity contribution is 7.16. The summed E-state index contributed by atoms with van der Waals surface area (Å²) >= 11 is 1.21. The maximum Gasteiger partial charge on any atom is 0.282 e. The number of nitrogens with one attached hydrogen (secondary N) is 1. The number of hydrogen-bond donors (Lipinski definition) is 1. The molecule has 7 nitrogen and oxygen atoms in total. The highest BCUT2D eigenvalue weighted by atomic mass is 32.1. The Morgan fingerprint density at radius 1 is 1.16 bits per heavy atom. The number of hydrogen-bond acceptors (Lipinski definition) is 5. The molecule has 4 rings (SSSR count). The molecule has 0 bridgehead atoms. The van der Waals surface area contributed by atoms with Crippen LogP contribution in [0.3, 0.4) is 0 Å². The number of allylic oxidation sites excluding steroid dienone is 2. The van der Waals surface area contributed by atoms with Crippen LogP contribution >= 0.6 is 11.3 Å². The number of hydrazine groups is 1. The van der Waals surface area contributed by atoms with Gasteiger partial charge in [0, 0.05) is 12.4 Å². The van der Waals surface area contributed by atoms with Crippen LogP contribution in [0, 0.1) is 18.8 Å². The van der Waals surface area contributed by atoms with E-state index in [2.05, 4.69) is 10.4 Å². The monoisotopic (exact) mass is 356 g/mol. The molecule has 1 aliphatic carbocycles. The molecule has 2 unspecified atom stereocenters. The molecular formula is C17H16N4O3S. The first-order valence-corrected chi connectivity index (χ1v) is 8.82. The molecule has 1 aliphatic heterocycles. The number of imide groups is 1. The summed E-state index contributed by atoms with van der Waals surface area (Å²) in [5, 5.41) is 1.55. The first-order chi connectivity index (χ1) is 12.1. The molecule has 0 saturated carbocycles. The number of nitrogens with zero attached hydrogens (tertiary/aromatic N) is 3. The topological polar surface area (TPSA) is 84.3 Å². The quantitative estimate of drug-likeness (QED) is 0.672. The maximum atomic E-state index is 12.6. The van der Waals surface area contributed by atoms with E-state index in [1.165, 1.54) is 11.3 Å². The summed E-state index contributed by atoms with van der Waals surface area (Å²) in [6.07, 6.45) is 8.58. The second kappa shape index (κ2) is 5.96. The highest BCUT2D eigenvalue weighted by Crippen LogP contribution is 2.34. The van der Waals surface area contributed by atoms with Gasteiger partial charge in [-0.25, -0.2) is 4.98 Å². The molecule has 1 fully saturated rings. The zero-order valence-corrected chi connectivity index (χ0v) is 14.3. The number of carbonyl (C=O) groups is 3. The van der Waals surface area contributed by atoms with Crippen LogP contribution in [0.4, 0.5) is 0 Å². The van der Waals surface area contributed by atoms with Crippen molar-refractivity contribution < 1.29 is 14.4 Å². The Hall–Kier alpha value is -2.74. The number of thiazole rings is 1. The molecule has 2 aromatic rings. The molecule has 2 atom stereocenters. The molecule has 0 radical (unpaired) electrons. The predicted octanol–water partition coefficient (Wildman–Crippen LogP) is 1.84. The van der Waals surface area contributed by atoms with E-state index < -0.39 is 5.91 Å². The summed E-state index contributed by atoms with van der Waals surface area (Å²) in [6, 6.07) is 3.74. The standard InChI is InChI=1S/C17H16N4O3S/c1-10-13(25-17(18-10)20-8-4-5-9-20)14(22)19-21-15(23)11-6-2-3-7-12(11)16(21)24/h2-5,8-9,11-12H,6-7H2,1H3,(H,19,22). The van der Waals surface area contributed by atoms with Crippen molar-refractivity contribution in [3.8, 4) is 5.13 Å². The van der Waals surface area contributed by atoms with Gasteiger partial charge in [0.05, 0.1) is 17.5 Å². The summed E-state index contributed by atoms with van der Waals surface area (Å²) in [7, 11) is 0. The summed E-state index contributed by atoms with van der Waals surface area (Å²) in [5.74, 6) is -1.88. The van der Waals surface area contributed by atoms with Crippen LogP contribution in [-0.4, -0.2) is 32.3 Å². The Morgan fingerprint density at radius 3 is 2.36 bits per heavy atom. The third-order valence-electron chi connectivity index (χ3n) is 4.54. The lowest BCUT2D eigenvalue weighted by atomic mass is 9.85. The van der Waals surface area contributed by atoms with E-state index in [1.807, 2.05) is 36.7 Å². The first kappa shape index (κ1) is 15.8. The van der Waals surface area contributed by atoms with Gasteiger partial charge in [0.15, 0.2) is 5.13 Å². The minimum absolute atomic E-state index is 0.333. The van der Waals surface area contributed by atoms with Gasteiger partial charge in [0.1, 0.15) is 4.88 Å². The highest BCUT2D eigenvalue weighted by Gasteiger charge is 2.48. The lowest BCUT2D eigenvalue weighted by Crippen LogP contribution is -2.46. The van der Waals surface area contributed by atoms with E-state index >= 15 is 0 Å². The Labute approximate surface area is 147 Å². The van der Waals surface area contributed by atoms with Crippen LogP contribution in [0.2, 0.25) is 0 Å². The van der Waals surface area contributed by atoms with E-state index in [0.29, 0.717) is 28.5 Å². The van der Waals surface area contributed by atoms with E-state index in [4.69, 9.17) is 0 Å². The summed E-state index contributed by atoms with van der Waals surface area (Å²) in [4.78, 5) is 42.2. The smallest absolute Gasteiger partial charge is 0.282 e. The summed E-state index contributed by atoms with van der Waals surface area (Å²) in [5.41, 5.74) is 3.04. The van der Waals surface area contributed by atoms with Crippen LogP contribution in [0.5, 0.6) is 0 Å². The Balaban J connectivity index is 1.55. The van der Waals surface area contributed by atoms with Crippen molar-refractivity contribution in [2.24, 2.45) is 11.8 Å². The normalized spacial score (nSPS) is 22.4.